The zero-order valence-electron chi connectivity index (χ0n) is 17.8. The van der Waals surface area contributed by atoms with Gasteiger partial charge in [-0.1, -0.05) is 50.2 Å². The van der Waals surface area contributed by atoms with Crippen LogP contribution in [0.3, 0.4) is 0 Å². The van der Waals surface area contributed by atoms with Gasteiger partial charge in [-0.15, -0.1) is 0 Å². The number of fused-ring (bicyclic) bond motifs is 2. The molecular weight excluding hydrogens is 371 g/mol. The Hall–Kier alpha value is -3.02. The lowest BCUT2D eigenvalue weighted by molar-refractivity contribution is 0.101. The number of nitrogens with two attached hydrogens (primary N) is 1. The second kappa shape index (κ2) is 8.02. The molecule has 0 spiro atoms. The van der Waals surface area contributed by atoms with Crippen LogP contribution in [-0.2, 0) is 25.8 Å². The third-order valence-corrected chi connectivity index (χ3v) is 6.63. The number of benzene rings is 2. The van der Waals surface area contributed by atoms with E-state index in [4.69, 9.17) is 11.1 Å². The van der Waals surface area contributed by atoms with E-state index in [0.29, 0.717) is 25.7 Å². The molecule has 0 aromatic heterocycles. The SMILES string of the molecule is C=C(NC1Cc2cccc(C(C)=O)c2CB1CC)c1ccc2c(c1)CN(C(=N)N)C2. The van der Waals surface area contributed by atoms with Gasteiger partial charge in [0.1, 0.15) is 0 Å². The number of rotatable bonds is 5. The average molecular weight is 400 g/mol. The smallest absolute Gasteiger partial charge is 0.188 e. The Labute approximate surface area is 178 Å². The van der Waals surface area contributed by atoms with E-state index in [0.717, 1.165) is 35.9 Å². The minimum absolute atomic E-state index is 0.112. The van der Waals surface area contributed by atoms with Crippen LogP contribution in [0.2, 0.25) is 6.32 Å². The maximum atomic E-state index is 12.1. The van der Waals surface area contributed by atoms with Gasteiger partial charge >= 0.3 is 0 Å². The maximum absolute atomic E-state index is 12.1. The predicted octanol–water partition coefficient (Wildman–Crippen LogP) is 3.42. The van der Waals surface area contributed by atoms with E-state index in [1.165, 1.54) is 22.3 Å². The van der Waals surface area contributed by atoms with Crippen LogP contribution in [0.25, 0.3) is 5.70 Å². The van der Waals surface area contributed by atoms with E-state index in [9.17, 15) is 4.79 Å². The van der Waals surface area contributed by atoms with Gasteiger partial charge in [0.2, 0.25) is 0 Å². The third kappa shape index (κ3) is 3.74. The molecule has 0 fully saturated rings. The first kappa shape index (κ1) is 20.3. The quantitative estimate of drug-likeness (QED) is 0.311. The molecule has 0 bridgehead atoms. The summed E-state index contributed by atoms with van der Waals surface area (Å²) in [5, 5.41) is 11.4. The highest BCUT2D eigenvalue weighted by atomic mass is 16.1. The number of nitrogens with one attached hydrogen (secondary N) is 2. The zero-order chi connectivity index (χ0) is 21.4. The molecule has 0 saturated carbocycles. The Morgan fingerprint density at radius 1 is 1.27 bits per heavy atom. The summed E-state index contributed by atoms with van der Waals surface area (Å²) < 4.78 is 0. The average Bonchev–Trinajstić information content (AvgIpc) is 3.16. The number of nitrogens with zero attached hydrogens (tertiary/aromatic N) is 1. The predicted molar refractivity (Wildman–Crippen MR) is 124 cm³/mol. The topological polar surface area (TPSA) is 82.2 Å². The van der Waals surface area contributed by atoms with Crippen LogP contribution in [-0.4, -0.2) is 29.3 Å². The van der Waals surface area contributed by atoms with E-state index in [1.54, 1.807) is 6.92 Å². The molecule has 1 unspecified atom stereocenters. The highest BCUT2D eigenvalue weighted by Gasteiger charge is 2.32. The van der Waals surface area contributed by atoms with Gasteiger partial charge in [0.15, 0.2) is 18.5 Å². The molecule has 2 aromatic carbocycles. The third-order valence-electron chi connectivity index (χ3n) is 6.63. The molecule has 6 heteroatoms. The van der Waals surface area contributed by atoms with Crippen LogP contribution in [0.4, 0.5) is 0 Å². The molecular formula is C24H29BN4O. The van der Waals surface area contributed by atoms with Crippen molar-refractivity contribution in [2.24, 2.45) is 5.73 Å². The van der Waals surface area contributed by atoms with Gasteiger partial charge in [-0.05, 0) is 53.5 Å². The van der Waals surface area contributed by atoms with Crippen molar-refractivity contribution in [1.82, 2.24) is 10.2 Å². The van der Waals surface area contributed by atoms with Gasteiger partial charge in [-0.2, -0.15) is 0 Å². The van der Waals surface area contributed by atoms with Crippen LogP contribution >= 0.6 is 0 Å². The van der Waals surface area contributed by atoms with Crippen LogP contribution in [0.1, 0.15) is 52.0 Å². The summed E-state index contributed by atoms with van der Waals surface area (Å²) >= 11 is 0. The molecule has 1 atom stereocenters. The number of hydrogen-bond acceptors (Lipinski definition) is 3. The first-order chi connectivity index (χ1) is 14.4. The van der Waals surface area contributed by atoms with Crippen LogP contribution in [0, 0.1) is 5.41 Å². The van der Waals surface area contributed by atoms with Crippen LogP contribution < -0.4 is 11.1 Å². The van der Waals surface area contributed by atoms with Crippen molar-refractivity contribution < 1.29 is 4.79 Å². The second-order valence-corrected chi connectivity index (χ2v) is 8.53. The Balaban J connectivity index is 1.53. The number of ketones is 1. The molecule has 30 heavy (non-hydrogen) atoms. The minimum Gasteiger partial charge on any atom is -0.389 e. The number of carbonyl (C=O) groups is 1. The molecule has 2 aliphatic rings. The van der Waals surface area contributed by atoms with E-state index in [2.05, 4.69) is 43.1 Å². The van der Waals surface area contributed by atoms with Gasteiger partial charge in [-0.25, -0.2) is 0 Å². The van der Waals surface area contributed by atoms with Crippen molar-refractivity contribution in [3.05, 3.63) is 76.4 Å². The fraction of sp³-hybridized carbons (Fsp3) is 0.333. The fourth-order valence-corrected chi connectivity index (χ4v) is 4.86. The maximum Gasteiger partial charge on any atom is 0.188 e. The monoisotopic (exact) mass is 400 g/mol. The Morgan fingerprint density at radius 3 is 2.73 bits per heavy atom. The minimum atomic E-state index is 0.112. The Kier molecular flexibility index (Phi) is 5.41. The summed E-state index contributed by atoms with van der Waals surface area (Å²) in [6, 6.07) is 12.5. The lowest BCUT2D eigenvalue weighted by atomic mass is 9.36. The van der Waals surface area contributed by atoms with Crippen molar-refractivity contribution >= 4 is 24.2 Å². The summed E-state index contributed by atoms with van der Waals surface area (Å²) in [7, 11) is 0. The summed E-state index contributed by atoms with van der Waals surface area (Å²) in [5.41, 5.74) is 13.5. The molecule has 0 radical (unpaired) electrons. The van der Waals surface area contributed by atoms with Crippen molar-refractivity contribution in [3.63, 3.8) is 0 Å². The normalized spacial score (nSPS) is 17.3. The molecule has 2 aromatic rings. The molecule has 4 N–H and O–H groups in total. The zero-order valence-corrected chi connectivity index (χ0v) is 17.8. The van der Waals surface area contributed by atoms with E-state index in [1.807, 2.05) is 17.0 Å². The lowest BCUT2D eigenvalue weighted by Crippen LogP contribution is -2.48. The van der Waals surface area contributed by atoms with Crippen LogP contribution in [0.5, 0.6) is 0 Å². The first-order valence-corrected chi connectivity index (χ1v) is 10.7. The van der Waals surface area contributed by atoms with E-state index in [-0.39, 0.29) is 11.7 Å². The van der Waals surface area contributed by atoms with Crippen molar-refractivity contribution in [3.8, 4) is 0 Å². The molecule has 0 amide bonds. The Bertz CT molecular complexity index is 1030. The standard InChI is InChI=1S/C24H29BN4O/c1-4-25-12-22-18(6-5-7-21(22)16(3)30)11-23(25)28-15(2)17-8-9-19-13-29(24(26)27)14-20(19)10-17/h5-10,23,28H,2,4,11-14H2,1,3H3,(H3,26,27). The number of hydrogen-bond donors (Lipinski definition) is 3. The summed E-state index contributed by atoms with van der Waals surface area (Å²) in [4.78, 5) is 13.9. The Morgan fingerprint density at radius 2 is 2.03 bits per heavy atom. The number of Topliss-reactive ketones (excluding diaryl/α,β-unsaturated/α-hetero) is 1. The van der Waals surface area contributed by atoms with Gasteiger partial charge in [0.25, 0.3) is 0 Å². The van der Waals surface area contributed by atoms with Crippen LogP contribution in [0.15, 0.2) is 43.0 Å². The summed E-state index contributed by atoms with van der Waals surface area (Å²) in [6.45, 7) is 10.0. The molecule has 4 rings (SSSR count). The van der Waals surface area contributed by atoms with E-state index < -0.39 is 0 Å². The van der Waals surface area contributed by atoms with Gasteiger partial charge < -0.3 is 16.0 Å². The fourth-order valence-electron chi connectivity index (χ4n) is 4.86. The van der Waals surface area contributed by atoms with Crippen molar-refractivity contribution in [1.29, 1.82) is 5.41 Å². The molecule has 0 saturated heterocycles. The number of carbonyl (C=O) groups excluding carboxylic acids is 1. The first-order valence-electron chi connectivity index (χ1n) is 10.7. The van der Waals surface area contributed by atoms with Crippen molar-refractivity contribution in [2.75, 3.05) is 0 Å². The number of guanidine groups is 1. The lowest BCUT2D eigenvalue weighted by Gasteiger charge is -2.33. The molecule has 0 aliphatic carbocycles. The highest BCUT2D eigenvalue weighted by molar-refractivity contribution is 6.60. The largest absolute Gasteiger partial charge is 0.389 e. The molecule has 2 heterocycles. The van der Waals surface area contributed by atoms with E-state index >= 15 is 0 Å². The van der Waals surface area contributed by atoms with Gasteiger partial charge in [-0.3, -0.25) is 10.2 Å². The molecule has 2 aliphatic heterocycles. The highest BCUT2D eigenvalue weighted by Crippen LogP contribution is 2.29. The van der Waals surface area contributed by atoms with Gasteiger partial charge in [0, 0.05) is 30.3 Å². The summed E-state index contributed by atoms with van der Waals surface area (Å²) in [6.07, 6.45) is 2.87. The summed E-state index contributed by atoms with van der Waals surface area (Å²) in [5.74, 6) is 0.552. The molecule has 154 valence electrons. The van der Waals surface area contributed by atoms with Gasteiger partial charge in [0.05, 0.1) is 0 Å². The molecule has 5 nitrogen and oxygen atoms in total. The van der Waals surface area contributed by atoms with Crippen molar-refractivity contribution in [2.45, 2.75) is 51.9 Å². The second-order valence-electron chi connectivity index (χ2n) is 8.53.